The summed E-state index contributed by atoms with van der Waals surface area (Å²) in [4.78, 5) is 11.9. The average Bonchev–Trinajstić information content (AvgIpc) is 2.57. The maximum absolute atomic E-state index is 12.0. The predicted octanol–water partition coefficient (Wildman–Crippen LogP) is 1.33. The fourth-order valence-electron chi connectivity index (χ4n) is 2.54. The van der Waals surface area contributed by atoms with Crippen molar-refractivity contribution in [1.29, 1.82) is 0 Å². The van der Waals surface area contributed by atoms with E-state index in [9.17, 15) is 21.6 Å². The molecule has 9 heteroatoms. The second kappa shape index (κ2) is 5.10. The summed E-state index contributed by atoms with van der Waals surface area (Å²) in [6.45, 7) is 2.88. The Balaban J connectivity index is 2.88. The van der Waals surface area contributed by atoms with Gasteiger partial charge in [-0.25, -0.2) is 20.8 Å². The van der Waals surface area contributed by atoms with Crippen LogP contribution in [-0.2, 0) is 20.0 Å². The van der Waals surface area contributed by atoms with Crippen molar-refractivity contribution in [2.24, 2.45) is 0 Å². The van der Waals surface area contributed by atoms with Gasteiger partial charge >= 0.3 is 0 Å². The van der Waals surface area contributed by atoms with Crippen LogP contribution in [0, 0.1) is 6.92 Å². The second-order valence-electron chi connectivity index (χ2n) is 5.15. The van der Waals surface area contributed by atoms with Gasteiger partial charge in [0.15, 0.2) is 5.78 Å². The first-order chi connectivity index (χ1) is 9.92. The number of rotatable bonds is 4. The van der Waals surface area contributed by atoms with Gasteiger partial charge in [0, 0.05) is 22.3 Å². The zero-order valence-corrected chi connectivity index (χ0v) is 14.2. The minimum absolute atomic E-state index is 0.262. The highest BCUT2D eigenvalue weighted by atomic mass is 32.2. The van der Waals surface area contributed by atoms with E-state index in [0.717, 1.165) is 16.5 Å². The van der Waals surface area contributed by atoms with Crippen LogP contribution >= 0.6 is 0 Å². The fourth-order valence-corrected chi connectivity index (χ4v) is 4.20. The Morgan fingerprint density at radius 1 is 1.14 bits per heavy atom. The SMILES string of the molecule is CC(=O)c1c(C)n(S(C)(=O)=O)c2ccc(NS(C)(=O)=O)cc12. The topological polar surface area (TPSA) is 102 Å². The molecular formula is C13H16N2O5S2. The molecule has 2 aromatic rings. The van der Waals surface area contributed by atoms with Crippen LogP contribution in [0.2, 0.25) is 0 Å². The number of carbonyl (C=O) groups excluding carboxylic acids is 1. The Bertz CT molecular complexity index is 985. The highest BCUT2D eigenvalue weighted by Gasteiger charge is 2.22. The van der Waals surface area contributed by atoms with Crippen molar-refractivity contribution in [2.75, 3.05) is 17.2 Å². The lowest BCUT2D eigenvalue weighted by Crippen LogP contribution is -2.12. The van der Waals surface area contributed by atoms with Gasteiger partial charge in [0.1, 0.15) is 0 Å². The normalized spacial score (nSPS) is 12.5. The summed E-state index contributed by atoms with van der Waals surface area (Å²) < 4.78 is 49.9. The molecule has 0 spiro atoms. The van der Waals surface area contributed by atoms with Gasteiger partial charge in [-0.3, -0.25) is 9.52 Å². The average molecular weight is 344 g/mol. The van der Waals surface area contributed by atoms with Gasteiger partial charge in [-0.1, -0.05) is 0 Å². The van der Waals surface area contributed by atoms with Crippen molar-refractivity contribution in [1.82, 2.24) is 3.97 Å². The highest BCUT2D eigenvalue weighted by molar-refractivity contribution is 7.92. The molecule has 0 saturated heterocycles. The van der Waals surface area contributed by atoms with Gasteiger partial charge in [-0.2, -0.15) is 0 Å². The lowest BCUT2D eigenvalue weighted by molar-refractivity contribution is 0.101. The number of fused-ring (bicyclic) bond motifs is 1. The monoisotopic (exact) mass is 344 g/mol. The van der Waals surface area contributed by atoms with E-state index in [0.29, 0.717) is 16.6 Å². The maximum atomic E-state index is 12.0. The number of carbonyl (C=O) groups is 1. The largest absolute Gasteiger partial charge is 0.294 e. The molecule has 22 heavy (non-hydrogen) atoms. The minimum atomic E-state index is -3.59. The van der Waals surface area contributed by atoms with Crippen LogP contribution in [0.1, 0.15) is 23.0 Å². The van der Waals surface area contributed by atoms with E-state index in [1.807, 2.05) is 0 Å². The lowest BCUT2D eigenvalue weighted by atomic mass is 10.1. The highest BCUT2D eigenvalue weighted by Crippen LogP contribution is 2.30. The van der Waals surface area contributed by atoms with E-state index >= 15 is 0 Å². The summed E-state index contributed by atoms with van der Waals surface area (Å²) in [5.41, 5.74) is 1.17. The number of anilines is 1. The third-order valence-corrected chi connectivity index (χ3v) is 4.88. The molecule has 2 rings (SSSR count). The summed E-state index contributed by atoms with van der Waals surface area (Å²) in [7, 11) is -7.07. The number of Topliss-reactive ketones (excluding diaryl/α,β-unsaturated/α-hetero) is 1. The number of ketones is 1. The van der Waals surface area contributed by atoms with Gasteiger partial charge in [-0.15, -0.1) is 0 Å². The van der Waals surface area contributed by atoms with Crippen molar-refractivity contribution < 1.29 is 21.6 Å². The summed E-state index contributed by atoms with van der Waals surface area (Å²) >= 11 is 0. The van der Waals surface area contributed by atoms with Gasteiger partial charge in [0.05, 0.1) is 18.0 Å². The quantitative estimate of drug-likeness (QED) is 0.843. The fraction of sp³-hybridized carbons (Fsp3) is 0.308. The molecule has 1 heterocycles. The Kier molecular flexibility index (Phi) is 3.82. The molecule has 0 radical (unpaired) electrons. The molecule has 0 aliphatic rings. The Hall–Kier alpha value is -1.87. The van der Waals surface area contributed by atoms with Gasteiger partial charge in [0.2, 0.25) is 20.0 Å². The van der Waals surface area contributed by atoms with Gasteiger partial charge < -0.3 is 0 Å². The molecule has 120 valence electrons. The molecule has 0 unspecified atom stereocenters. The van der Waals surface area contributed by atoms with E-state index < -0.39 is 20.0 Å². The first-order valence-corrected chi connectivity index (χ1v) is 10.00. The molecule has 0 amide bonds. The van der Waals surface area contributed by atoms with Crippen LogP contribution in [0.15, 0.2) is 18.2 Å². The third-order valence-electron chi connectivity index (χ3n) is 3.14. The van der Waals surface area contributed by atoms with Gasteiger partial charge in [-0.05, 0) is 32.0 Å². The molecule has 1 aromatic carbocycles. The second-order valence-corrected chi connectivity index (χ2v) is 8.73. The first kappa shape index (κ1) is 16.5. The predicted molar refractivity (Wildman–Crippen MR) is 85.4 cm³/mol. The summed E-state index contributed by atoms with van der Waals surface area (Å²) in [5.74, 6) is -0.290. The van der Waals surface area contributed by atoms with E-state index in [-0.39, 0.29) is 17.0 Å². The van der Waals surface area contributed by atoms with Crippen molar-refractivity contribution in [3.8, 4) is 0 Å². The Morgan fingerprint density at radius 2 is 1.73 bits per heavy atom. The van der Waals surface area contributed by atoms with Crippen LogP contribution in [0.5, 0.6) is 0 Å². The number of nitrogens with zero attached hydrogens (tertiary/aromatic N) is 1. The summed E-state index contributed by atoms with van der Waals surface area (Å²) in [6.07, 6.45) is 2.06. The van der Waals surface area contributed by atoms with Gasteiger partial charge in [0.25, 0.3) is 0 Å². The number of hydrogen-bond donors (Lipinski definition) is 1. The van der Waals surface area contributed by atoms with E-state index in [2.05, 4.69) is 4.72 Å². The molecule has 1 aromatic heterocycles. The number of sulfonamides is 1. The Labute approximate surface area is 129 Å². The molecule has 0 bridgehead atoms. The lowest BCUT2D eigenvalue weighted by Gasteiger charge is -2.06. The van der Waals surface area contributed by atoms with Crippen LogP contribution in [-0.4, -0.2) is 39.1 Å². The molecule has 0 aliphatic heterocycles. The van der Waals surface area contributed by atoms with Crippen LogP contribution in [0.4, 0.5) is 5.69 Å². The van der Waals surface area contributed by atoms with Crippen molar-refractivity contribution in [3.63, 3.8) is 0 Å². The number of nitrogens with one attached hydrogen (secondary N) is 1. The van der Waals surface area contributed by atoms with Crippen molar-refractivity contribution >= 4 is 42.4 Å². The van der Waals surface area contributed by atoms with E-state index in [1.54, 1.807) is 6.92 Å². The molecule has 0 saturated carbocycles. The minimum Gasteiger partial charge on any atom is -0.294 e. The molecule has 7 nitrogen and oxygen atoms in total. The molecule has 1 N–H and O–H groups in total. The number of benzene rings is 1. The van der Waals surface area contributed by atoms with E-state index in [1.165, 1.54) is 25.1 Å². The zero-order chi connectivity index (χ0) is 16.9. The molecule has 0 fully saturated rings. The standard InChI is InChI=1S/C13H16N2O5S2/c1-8-13(9(2)16)11-7-10(14-21(3,17)18)5-6-12(11)15(8)22(4,19)20/h5-7,14H,1-4H3. The van der Waals surface area contributed by atoms with Crippen molar-refractivity contribution in [3.05, 3.63) is 29.5 Å². The smallest absolute Gasteiger partial charge is 0.236 e. The van der Waals surface area contributed by atoms with Crippen molar-refractivity contribution in [2.45, 2.75) is 13.8 Å². The first-order valence-electron chi connectivity index (χ1n) is 6.26. The molecule has 0 atom stereocenters. The molecular weight excluding hydrogens is 328 g/mol. The molecule has 0 aliphatic carbocycles. The summed E-state index contributed by atoms with van der Waals surface area (Å²) in [6, 6.07) is 4.39. The van der Waals surface area contributed by atoms with Crippen LogP contribution in [0.25, 0.3) is 10.9 Å². The van der Waals surface area contributed by atoms with E-state index in [4.69, 9.17) is 0 Å². The number of hydrogen-bond acceptors (Lipinski definition) is 5. The number of aromatic nitrogens is 1. The third kappa shape index (κ3) is 3.00. The zero-order valence-electron chi connectivity index (χ0n) is 12.5. The Morgan fingerprint density at radius 3 is 2.18 bits per heavy atom. The summed E-state index contributed by atoms with van der Waals surface area (Å²) in [5, 5.41) is 0.393. The van der Waals surface area contributed by atoms with Crippen LogP contribution < -0.4 is 4.72 Å². The maximum Gasteiger partial charge on any atom is 0.236 e. The van der Waals surface area contributed by atoms with Crippen LogP contribution in [0.3, 0.4) is 0 Å².